The molecular weight excluding hydrogens is 300 g/mol. The number of nitrogens with zero attached hydrogens (tertiary/aromatic N) is 5. The highest BCUT2D eigenvalue weighted by Gasteiger charge is 2.31. The van der Waals surface area contributed by atoms with Crippen molar-refractivity contribution in [1.29, 1.82) is 0 Å². The van der Waals surface area contributed by atoms with Crippen molar-refractivity contribution in [2.24, 2.45) is 10.7 Å². The van der Waals surface area contributed by atoms with Crippen molar-refractivity contribution in [3.05, 3.63) is 18.5 Å². The minimum absolute atomic E-state index is 0.397. The third kappa shape index (κ3) is 3.61. The molecule has 0 spiro atoms. The van der Waals surface area contributed by atoms with E-state index in [2.05, 4.69) is 24.8 Å². The fourth-order valence-electron chi connectivity index (χ4n) is 2.64. The van der Waals surface area contributed by atoms with Gasteiger partial charge in [-0.05, 0) is 18.2 Å². The smallest absolute Gasteiger partial charge is 0.225 e. The van der Waals surface area contributed by atoms with Gasteiger partial charge in [-0.25, -0.2) is 9.97 Å². The summed E-state index contributed by atoms with van der Waals surface area (Å²) < 4.78 is 0. The summed E-state index contributed by atoms with van der Waals surface area (Å²) in [5, 5.41) is 10.3. The maximum atomic E-state index is 10.3. The minimum Gasteiger partial charge on any atom is -0.387 e. The predicted octanol–water partition coefficient (Wildman–Crippen LogP) is -0.219. The van der Waals surface area contributed by atoms with E-state index >= 15 is 0 Å². The molecule has 0 aromatic carbocycles. The standard InChI is InChI=1S/C14H22N6OS/c15-12(18-10-14(21)2-9-22-11-14)19-5-7-20(8-6-19)13-16-3-1-4-17-13/h1,3-4,21H,2,5-11H2,(H2,15,18). The largest absolute Gasteiger partial charge is 0.387 e. The molecule has 1 atom stereocenters. The van der Waals surface area contributed by atoms with Crippen molar-refractivity contribution >= 4 is 23.7 Å². The van der Waals surface area contributed by atoms with Crippen LogP contribution in [0.25, 0.3) is 0 Å². The van der Waals surface area contributed by atoms with Crippen LogP contribution in [-0.2, 0) is 0 Å². The minimum atomic E-state index is -0.672. The molecule has 22 heavy (non-hydrogen) atoms. The first-order chi connectivity index (χ1) is 10.7. The van der Waals surface area contributed by atoms with Crippen LogP contribution in [0.4, 0.5) is 5.95 Å². The predicted molar refractivity (Wildman–Crippen MR) is 89.2 cm³/mol. The lowest BCUT2D eigenvalue weighted by Gasteiger charge is -2.35. The van der Waals surface area contributed by atoms with Gasteiger partial charge in [-0.15, -0.1) is 0 Å². The lowest BCUT2D eigenvalue weighted by molar-refractivity contribution is 0.0776. The number of anilines is 1. The number of rotatable bonds is 3. The third-order valence-corrected chi connectivity index (χ3v) is 5.29. The summed E-state index contributed by atoms with van der Waals surface area (Å²) in [7, 11) is 0. The summed E-state index contributed by atoms with van der Waals surface area (Å²) in [6, 6.07) is 1.82. The maximum Gasteiger partial charge on any atom is 0.225 e. The molecule has 0 aliphatic carbocycles. The fourth-order valence-corrected chi connectivity index (χ4v) is 3.92. The molecule has 8 heteroatoms. The quantitative estimate of drug-likeness (QED) is 0.587. The van der Waals surface area contributed by atoms with E-state index in [4.69, 9.17) is 5.73 Å². The Morgan fingerprint density at radius 1 is 1.32 bits per heavy atom. The van der Waals surface area contributed by atoms with Crippen LogP contribution >= 0.6 is 11.8 Å². The number of thioether (sulfide) groups is 1. The number of piperazine rings is 1. The number of nitrogens with two attached hydrogens (primary N) is 1. The Bertz CT molecular complexity index is 511. The molecular formula is C14H22N6OS. The summed E-state index contributed by atoms with van der Waals surface area (Å²) in [4.78, 5) is 17.1. The summed E-state index contributed by atoms with van der Waals surface area (Å²) in [5.74, 6) is 3.04. The van der Waals surface area contributed by atoms with Gasteiger partial charge in [-0.2, -0.15) is 11.8 Å². The van der Waals surface area contributed by atoms with Crippen LogP contribution in [0, 0.1) is 0 Å². The first-order valence-corrected chi connectivity index (χ1v) is 8.69. The second-order valence-electron chi connectivity index (χ2n) is 5.72. The van der Waals surface area contributed by atoms with E-state index in [9.17, 15) is 5.11 Å². The molecule has 0 amide bonds. The number of guanidine groups is 1. The summed E-state index contributed by atoms with van der Waals surface area (Å²) in [5.41, 5.74) is 5.41. The molecule has 2 fully saturated rings. The highest BCUT2D eigenvalue weighted by molar-refractivity contribution is 7.99. The lowest BCUT2D eigenvalue weighted by atomic mass is 10.1. The number of hydrogen-bond acceptors (Lipinski definition) is 6. The molecule has 3 N–H and O–H groups in total. The Labute approximate surface area is 134 Å². The van der Waals surface area contributed by atoms with Gasteiger partial charge in [-0.3, -0.25) is 4.99 Å². The van der Waals surface area contributed by atoms with Crippen LogP contribution in [0.2, 0.25) is 0 Å². The van der Waals surface area contributed by atoms with Crippen LogP contribution in [0.5, 0.6) is 0 Å². The Kier molecular flexibility index (Phi) is 4.68. The van der Waals surface area contributed by atoms with Gasteiger partial charge in [0.2, 0.25) is 5.95 Å². The van der Waals surface area contributed by atoms with E-state index in [0.29, 0.717) is 12.5 Å². The van der Waals surface area contributed by atoms with Gasteiger partial charge in [0.1, 0.15) is 0 Å². The van der Waals surface area contributed by atoms with Crippen molar-refractivity contribution in [2.45, 2.75) is 12.0 Å². The SMILES string of the molecule is NC(=NCC1(O)CCSC1)N1CCN(c2ncccn2)CC1. The molecule has 0 radical (unpaired) electrons. The normalized spacial score (nSPS) is 26.5. The van der Waals surface area contributed by atoms with Crippen molar-refractivity contribution in [3.8, 4) is 0 Å². The average molecular weight is 322 g/mol. The van der Waals surface area contributed by atoms with Crippen LogP contribution in [0.3, 0.4) is 0 Å². The Hall–Kier alpha value is -1.54. The van der Waals surface area contributed by atoms with Gasteiger partial charge in [-0.1, -0.05) is 0 Å². The van der Waals surface area contributed by atoms with Crippen LogP contribution in [-0.4, -0.2) is 75.8 Å². The first-order valence-electron chi connectivity index (χ1n) is 7.53. The van der Waals surface area contributed by atoms with Crippen LogP contribution in [0.15, 0.2) is 23.5 Å². The van der Waals surface area contributed by atoms with Crippen molar-refractivity contribution < 1.29 is 5.11 Å². The molecule has 2 aliphatic heterocycles. The number of aromatic nitrogens is 2. The molecule has 120 valence electrons. The zero-order valence-electron chi connectivity index (χ0n) is 12.6. The van der Waals surface area contributed by atoms with Gasteiger partial charge in [0.05, 0.1) is 12.1 Å². The fraction of sp³-hybridized carbons (Fsp3) is 0.643. The molecule has 2 saturated heterocycles. The topological polar surface area (TPSA) is 90.9 Å². The summed E-state index contributed by atoms with van der Waals surface area (Å²) in [6.45, 7) is 3.62. The van der Waals surface area contributed by atoms with E-state index in [1.807, 2.05) is 6.07 Å². The van der Waals surface area contributed by atoms with E-state index in [-0.39, 0.29) is 0 Å². The highest BCUT2D eigenvalue weighted by atomic mass is 32.2. The number of aliphatic imine (C=N–C) groups is 1. The maximum absolute atomic E-state index is 10.3. The second-order valence-corrected chi connectivity index (χ2v) is 6.83. The Morgan fingerprint density at radius 2 is 2.05 bits per heavy atom. The van der Waals surface area contributed by atoms with Crippen molar-refractivity contribution in [3.63, 3.8) is 0 Å². The molecule has 1 aromatic rings. The van der Waals surface area contributed by atoms with Crippen molar-refractivity contribution in [1.82, 2.24) is 14.9 Å². The van der Waals surface area contributed by atoms with Crippen LogP contribution in [0.1, 0.15) is 6.42 Å². The molecule has 0 saturated carbocycles. The lowest BCUT2D eigenvalue weighted by Crippen LogP contribution is -2.52. The average Bonchev–Trinajstić information content (AvgIpc) is 3.01. The molecule has 1 aromatic heterocycles. The summed E-state index contributed by atoms with van der Waals surface area (Å²) in [6.07, 6.45) is 4.31. The third-order valence-electron chi connectivity index (χ3n) is 4.06. The van der Waals surface area contributed by atoms with E-state index in [1.54, 1.807) is 24.2 Å². The van der Waals surface area contributed by atoms with Gasteiger partial charge < -0.3 is 20.6 Å². The monoisotopic (exact) mass is 322 g/mol. The van der Waals surface area contributed by atoms with Crippen molar-refractivity contribution in [2.75, 3.05) is 49.1 Å². The molecule has 3 rings (SSSR count). The van der Waals surface area contributed by atoms with Gasteiger partial charge in [0, 0.05) is 44.3 Å². The van der Waals surface area contributed by atoms with E-state index < -0.39 is 5.60 Å². The zero-order valence-corrected chi connectivity index (χ0v) is 13.4. The molecule has 0 bridgehead atoms. The number of aliphatic hydroxyl groups is 1. The summed E-state index contributed by atoms with van der Waals surface area (Å²) >= 11 is 1.77. The molecule has 1 unspecified atom stereocenters. The Balaban J connectivity index is 1.52. The Morgan fingerprint density at radius 3 is 2.68 bits per heavy atom. The molecule has 3 heterocycles. The molecule has 2 aliphatic rings. The second kappa shape index (κ2) is 6.70. The van der Waals surface area contributed by atoms with Crippen LogP contribution < -0.4 is 10.6 Å². The van der Waals surface area contributed by atoms with Gasteiger partial charge in [0.15, 0.2) is 5.96 Å². The van der Waals surface area contributed by atoms with E-state index in [0.717, 1.165) is 50.1 Å². The van der Waals surface area contributed by atoms with Gasteiger partial charge in [0.25, 0.3) is 0 Å². The van der Waals surface area contributed by atoms with E-state index in [1.165, 1.54) is 0 Å². The zero-order chi connectivity index (χ0) is 15.4. The number of hydrogen-bond donors (Lipinski definition) is 2. The molecule has 7 nitrogen and oxygen atoms in total. The highest BCUT2D eigenvalue weighted by Crippen LogP contribution is 2.27. The van der Waals surface area contributed by atoms with Gasteiger partial charge >= 0.3 is 0 Å². The first kappa shape index (κ1) is 15.4.